The van der Waals surface area contributed by atoms with E-state index < -0.39 is 0 Å². The Morgan fingerprint density at radius 2 is 1.96 bits per heavy atom. The van der Waals surface area contributed by atoms with Crippen LogP contribution in [0.3, 0.4) is 0 Å². The number of rotatable bonds is 4. The maximum absolute atomic E-state index is 13.8. The van der Waals surface area contributed by atoms with Crippen molar-refractivity contribution >= 4 is 0 Å². The summed E-state index contributed by atoms with van der Waals surface area (Å²) in [6, 6.07) is 5.33. The second kappa shape index (κ2) is 7.78. The number of halogens is 1. The van der Waals surface area contributed by atoms with Crippen LogP contribution in [-0.4, -0.2) is 85.4 Å². The number of piperazine rings is 1. The van der Waals surface area contributed by atoms with Crippen LogP contribution in [0.25, 0.3) is 0 Å². The molecule has 1 aromatic carbocycles. The van der Waals surface area contributed by atoms with Gasteiger partial charge >= 0.3 is 0 Å². The molecule has 0 aromatic heterocycles. The number of aliphatic hydroxyl groups excluding tert-OH is 1. The lowest BCUT2D eigenvalue weighted by atomic mass is 9.98. The van der Waals surface area contributed by atoms with Crippen LogP contribution in [0.4, 0.5) is 4.39 Å². The molecule has 0 radical (unpaired) electrons. The summed E-state index contributed by atoms with van der Waals surface area (Å²) in [7, 11) is 3.61. The third kappa shape index (κ3) is 4.06. The van der Waals surface area contributed by atoms with E-state index >= 15 is 0 Å². The number of aliphatic hydroxyl groups is 1. The lowest BCUT2D eigenvalue weighted by Gasteiger charge is -2.44. The van der Waals surface area contributed by atoms with Gasteiger partial charge in [-0.1, -0.05) is 6.07 Å². The molecule has 2 fully saturated rings. The van der Waals surface area contributed by atoms with Crippen LogP contribution < -0.4 is 4.74 Å². The smallest absolute Gasteiger partial charge is 0.165 e. The van der Waals surface area contributed by atoms with Gasteiger partial charge in [-0.2, -0.15) is 0 Å². The Kier molecular flexibility index (Phi) is 5.71. The van der Waals surface area contributed by atoms with Crippen LogP contribution in [0.5, 0.6) is 5.75 Å². The summed E-state index contributed by atoms with van der Waals surface area (Å²) in [5.74, 6) is -0.0598. The van der Waals surface area contributed by atoms with Gasteiger partial charge in [0, 0.05) is 51.9 Å². The first kappa shape index (κ1) is 17.6. The molecule has 2 heterocycles. The van der Waals surface area contributed by atoms with E-state index in [0.717, 1.165) is 44.7 Å². The molecule has 2 atom stereocenters. The number of hydrogen-bond donors (Lipinski definition) is 1. The minimum atomic E-state index is -0.342. The number of benzene rings is 1. The molecule has 0 saturated carbocycles. The SMILES string of the molecule is COc1ccc(CN2CC[C@@H](N3CCN(C)CC3)[C@H](O)C2)cc1F. The van der Waals surface area contributed by atoms with Crippen LogP contribution >= 0.6 is 0 Å². The van der Waals surface area contributed by atoms with Gasteiger partial charge in [0.1, 0.15) is 0 Å². The van der Waals surface area contributed by atoms with Crippen molar-refractivity contribution in [3.63, 3.8) is 0 Å². The van der Waals surface area contributed by atoms with E-state index in [1.54, 1.807) is 6.07 Å². The molecule has 0 spiro atoms. The summed E-state index contributed by atoms with van der Waals surface area (Å²) in [4.78, 5) is 6.96. The van der Waals surface area contributed by atoms with Crippen molar-refractivity contribution in [2.45, 2.75) is 25.1 Å². The molecule has 0 amide bonds. The number of likely N-dealkylation sites (tertiary alicyclic amines) is 1. The second-order valence-electron chi connectivity index (χ2n) is 6.97. The zero-order valence-electron chi connectivity index (χ0n) is 14.6. The van der Waals surface area contributed by atoms with Crippen LogP contribution in [0.2, 0.25) is 0 Å². The Labute approximate surface area is 143 Å². The van der Waals surface area contributed by atoms with Crippen molar-refractivity contribution in [1.29, 1.82) is 0 Å². The van der Waals surface area contributed by atoms with Gasteiger partial charge in [0.25, 0.3) is 0 Å². The first-order valence-corrected chi connectivity index (χ1v) is 8.72. The van der Waals surface area contributed by atoms with Gasteiger partial charge in [-0.25, -0.2) is 4.39 Å². The minimum Gasteiger partial charge on any atom is -0.494 e. The van der Waals surface area contributed by atoms with Crippen molar-refractivity contribution in [3.8, 4) is 5.75 Å². The Morgan fingerprint density at radius 3 is 2.58 bits per heavy atom. The van der Waals surface area contributed by atoms with E-state index in [1.807, 2.05) is 6.07 Å². The zero-order chi connectivity index (χ0) is 17.1. The molecule has 24 heavy (non-hydrogen) atoms. The van der Waals surface area contributed by atoms with Gasteiger partial charge in [-0.05, 0) is 31.2 Å². The van der Waals surface area contributed by atoms with E-state index in [1.165, 1.54) is 13.2 Å². The fraction of sp³-hybridized carbons (Fsp3) is 0.667. The third-order valence-electron chi connectivity index (χ3n) is 5.26. The van der Waals surface area contributed by atoms with E-state index in [9.17, 15) is 9.50 Å². The van der Waals surface area contributed by atoms with Crippen molar-refractivity contribution in [2.24, 2.45) is 0 Å². The highest BCUT2D eigenvalue weighted by Crippen LogP contribution is 2.22. The summed E-state index contributed by atoms with van der Waals surface area (Å²) >= 11 is 0. The van der Waals surface area contributed by atoms with Gasteiger partial charge < -0.3 is 14.7 Å². The van der Waals surface area contributed by atoms with E-state index in [2.05, 4.69) is 21.7 Å². The number of hydrogen-bond acceptors (Lipinski definition) is 5. The standard InChI is InChI=1S/C18H28FN3O2/c1-20-7-9-22(10-8-20)16-5-6-21(13-17(16)23)12-14-3-4-18(24-2)15(19)11-14/h3-4,11,16-17,23H,5-10,12-13H2,1-2H3/t16-,17-/m1/s1. The third-order valence-corrected chi connectivity index (χ3v) is 5.26. The first-order chi connectivity index (χ1) is 11.6. The molecule has 2 aliphatic rings. The van der Waals surface area contributed by atoms with E-state index in [0.29, 0.717) is 13.1 Å². The Hall–Kier alpha value is -1.21. The predicted molar refractivity (Wildman–Crippen MR) is 91.7 cm³/mol. The minimum absolute atomic E-state index is 0.252. The summed E-state index contributed by atoms with van der Waals surface area (Å²) in [6.45, 7) is 6.43. The second-order valence-corrected chi connectivity index (χ2v) is 6.97. The highest BCUT2D eigenvalue weighted by molar-refractivity contribution is 5.29. The molecular weight excluding hydrogens is 309 g/mol. The maximum atomic E-state index is 13.8. The largest absolute Gasteiger partial charge is 0.494 e. The Balaban J connectivity index is 1.54. The number of β-amino-alcohol motifs (C(OH)–C–C–N with tert-alkyl or cyclic N) is 1. The normalized spacial score (nSPS) is 27.3. The van der Waals surface area contributed by atoms with Crippen molar-refractivity contribution in [3.05, 3.63) is 29.6 Å². The highest BCUT2D eigenvalue weighted by Gasteiger charge is 2.33. The highest BCUT2D eigenvalue weighted by atomic mass is 19.1. The van der Waals surface area contributed by atoms with Crippen molar-refractivity contribution in [2.75, 3.05) is 53.4 Å². The molecular formula is C18H28FN3O2. The molecule has 1 N–H and O–H groups in total. The summed E-state index contributed by atoms with van der Waals surface area (Å²) in [6.07, 6.45) is 0.619. The lowest BCUT2D eigenvalue weighted by molar-refractivity contribution is -0.0286. The number of ether oxygens (including phenoxy) is 1. The van der Waals surface area contributed by atoms with Crippen molar-refractivity contribution in [1.82, 2.24) is 14.7 Å². The maximum Gasteiger partial charge on any atom is 0.165 e. The molecule has 0 unspecified atom stereocenters. The molecule has 134 valence electrons. The van der Waals surface area contributed by atoms with Gasteiger partial charge in [0.2, 0.25) is 0 Å². The molecule has 1 aromatic rings. The number of piperidine rings is 1. The first-order valence-electron chi connectivity index (χ1n) is 8.72. The average molecular weight is 337 g/mol. The fourth-order valence-electron chi connectivity index (χ4n) is 3.77. The van der Waals surface area contributed by atoms with Crippen LogP contribution in [0, 0.1) is 5.82 Å². The molecule has 2 saturated heterocycles. The van der Waals surface area contributed by atoms with Gasteiger partial charge in [0.05, 0.1) is 13.2 Å². The average Bonchev–Trinajstić information content (AvgIpc) is 2.56. The molecule has 2 aliphatic heterocycles. The molecule has 6 heteroatoms. The van der Waals surface area contributed by atoms with Crippen molar-refractivity contribution < 1.29 is 14.2 Å². The summed E-state index contributed by atoms with van der Waals surface area (Å²) in [5.41, 5.74) is 0.915. The number of nitrogens with zero attached hydrogens (tertiary/aromatic N) is 3. The zero-order valence-corrected chi connectivity index (χ0v) is 14.6. The van der Waals surface area contributed by atoms with Crippen LogP contribution in [0.15, 0.2) is 18.2 Å². The molecule has 3 rings (SSSR count). The van der Waals surface area contributed by atoms with Crippen LogP contribution in [0.1, 0.15) is 12.0 Å². The molecule has 0 bridgehead atoms. The monoisotopic (exact) mass is 337 g/mol. The Bertz CT molecular complexity index is 549. The topological polar surface area (TPSA) is 39.2 Å². The summed E-state index contributed by atoms with van der Waals surface area (Å²) in [5, 5.41) is 10.6. The molecule has 0 aliphatic carbocycles. The quantitative estimate of drug-likeness (QED) is 0.888. The van der Waals surface area contributed by atoms with Gasteiger partial charge in [0.15, 0.2) is 11.6 Å². The number of likely N-dealkylation sites (N-methyl/N-ethyl adjacent to an activating group) is 1. The van der Waals surface area contributed by atoms with E-state index in [4.69, 9.17) is 4.74 Å². The lowest BCUT2D eigenvalue weighted by Crippen LogP contribution is -2.58. The summed E-state index contributed by atoms with van der Waals surface area (Å²) < 4.78 is 18.8. The van der Waals surface area contributed by atoms with Gasteiger partial charge in [-0.3, -0.25) is 9.80 Å². The van der Waals surface area contributed by atoms with Gasteiger partial charge in [-0.15, -0.1) is 0 Å². The van der Waals surface area contributed by atoms with Crippen LogP contribution in [-0.2, 0) is 6.54 Å². The predicted octanol–water partition coefficient (Wildman–Crippen LogP) is 1.02. The number of methoxy groups -OCH3 is 1. The van der Waals surface area contributed by atoms with E-state index in [-0.39, 0.29) is 23.7 Å². The Morgan fingerprint density at radius 1 is 1.21 bits per heavy atom. The molecule has 5 nitrogen and oxygen atoms in total. The fourth-order valence-corrected chi connectivity index (χ4v) is 3.77.